The summed E-state index contributed by atoms with van der Waals surface area (Å²) < 4.78 is 7.35. The Bertz CT molecular complexity index is 1420. The average molecular weight is 495 g/mol. The van der Waals surface area contributed by atoms with Gasteiger partial charge in [-0.1, -0.05) is 17.4 Å². The molecule has 0 saturated carbocycles. The number of ether oxygens (including phenoxy) is 1. The second kappa shape index (κ2) is 10.0. The third-order valence-corrected chi connectivity index (χ3v) is 6.24. The number of anilines is 2. The van der Waals surface area contributed by atoms with Crippen molar-refractivity contribution in [1.82, 2.24) is 4.57 Å². The molecule has 1 fully saturated rings. The number of aromatic nitrogens is 1. The van der Waals surface area contributed by atoms with Crippen molar-refractivity contribution in [3.05, 3.63) is 52.8 Å². The minimum atomic E-state index is -0.600. The zero-order chi connectivity index (χ0) is 25.1. The molecule has 0 aliphatic carbocycles. The topological polar surface area (TPSA) is 127 Å². The highest BCUT2D eigenvalue weighted by atomic mass is 32.1. The van der Waals surface area contributed by atoms with Crippen LogP contribution in [0, 0.1) is 0 Å². The van der Waals surface area contributed by atoms with Gasteiger partial charge in [-0.25, -0.2) is 0 Å². The molecule has 4 amide bonds. The van der Waals surface area contributed by atoms with Gasteiger partial charge in [0, 0.05) is 31.0 Å². The third kappa shape index (κ3) is 5.19. The lowest BCUT2D eigenvalue weighted by molar-refractivity contribution is -0.143. The van der Waals surface area contributed by atoms with Crippen LogP contribution in [0.5, 0.6) is 0 Å². The number of amides is 4. The van der Waals surface area contributed by atoms with Gasteiger partial charge in [-0.3, -0.25) is 28.9 Å². The van der Waals surface area contributed by atoms with Crippen molar-refractivity contribution in [2.45, 2.75) is 33.2 Å². The molecule has 35 heavy (non-hydrogen) atoms. The van der Waals surface area contributed by atoms with Gasteiger partial charge in [0.25, 0.3) is 5.91 Å². The lowest BCUT2D eigenvalue weighted by atomic mass is 10.2. The van der Waals surface area contributed by atoms with Gasteiger partial charge in [-0.05, 0) is 43.3 Å². The Morgan fingerprint density at radius 2 is 1.83 bits per heavy atom. The van der Waals surface area contributed by atoms with E-state index in [0.717, 1.165) is 4.90 Å². The normalized spacial score (nSPS) is 14.0. The molecule has 0 bridgehead atoms. The van der Waals surface area contributed by atoms with E-state index >= 15 is 0 Å². The van der Waals surface area contributed by atoms with Crippen LogP contribution in [0.1, 0.15) is 37.0 Å². The van der Waals surface area contributed by atoms with E-state index in [9.17, 15) is 24.0 Å². The lowest BCUT2D eigenvalue weighted by Crippen LogP contribution is -2.28. The monoisotopic (exact) mass is 494 g/mol. The fraction of sp³-hybridized carbons (Fsp3) is 0.250. The van der Waals surface area contributed by atoms with Crippen LogP contribution < -0.4 is 15.0 Å². The van der Waals surface area contributed by atoms with E-state index in [1.54, 1.807) is 41.8 Å². The number of fused-ring (bicyclic) bond motifs is 1. The molecule has 11 heteroatoms. The highest BCUT2D eigenvalue weighted by Gasteiger charge is 2.30. The number of nitrogens with one attached hydrogen (secondary N) is 1. The Morgan fingerprint density at radius 1 is 1.09 bits per heavy atom. The molecule has 4 rings (SSSR count). The van der Waals surface area contributed by atoms with E-state index in [2.05, 4.69) is 10.3 Å². The molecule has 3 aromatic rings. The molecule has 1 aliphatic heterocycles. The number of thiazole rings is 1. The van der Waals surface area contributed by atoms with Gasteiger partial charge in [0.05, 0.1) is 22.5 Å². The fourth-order valence-electron chi connectivity index (χ4n) is 3.72. The van der Waals surface area contributed by atoms with Gasteiger partial charge >= 0.3 is 5.97 Å². The zero-order valence-electron chi connectivity index (χ0n) is 19.1. The largest absolute Gasteiger partial charge is 0.465 e. The van der Waals surface area contributed by atoms with Crippen LogP contribution in [0.4, 0.5) is 11.4 Å². The van der Waals surface area contributed by atoms with Gasteiger partial charge in [0.1, 0.15) is 6.54 Å². The first-order valence-electron chi connectivity index (χ1n) is 10.9. The summed E-state index contributed by atoms with van der Waals surface area (Å²) in [5.74, 6) is -1.95. The predicted molar refractivity (Wildman–Crippen MR) is 129 cm³/mol. The Balaban J connectivity index is 1.75. The van der Waals surface area contributed by atoms with Crippen LogP contribution in [0.2, 0.25) is 0 Å². The van der Waals surface area contributed by atoms with Gasteiger partial charge < -0.3 is 14.6 Å². The summed E-state index contributed by atoms with van der Waals surface area (Å²) in [7, 11) is 0. The first-order chi connectivity index (χ1) is 16.8. The van der Waals surface area contributed by atoms with Crippen LogP contribution in [0.3, 0.4) is 0 Å². The van der Waals surface area contributed by atoms with Crippen LogP contribution in [0.25, 0.3) is 10.2 Å². The molecule has 1 N–H and O–H groups in total. The third-order valence-electron chi connectivity index (χ3n) is 5.20. The van der Waals surface area contributed by atoms with E-state index in [0.29, 0.717) is 21.6 Å². The lowest BCUT2D eigenvalue weighted by Gasteiger charge is -2.14. The number of hydrogen-bond acceptors (Lipinski definition) is 7. The number of carbonyl (C=O) groups is 5. The van der Waals surface area contributed by atoms with Crippen molar-refractivity contribution in [3.63, 3.8) is 0 Å². The van der Waals surface area contributed by atoms with Crippen LogP contribution in [0.15, 0.2) is 47.5 Å². The fourth-order valence-corrected chi connectivity index (χ4v) is 4.79. The number of imide groups is 1. The summed E-state index contributed by atoms with van der Waals surface area (Å²) in [4.78, 5) is 66.4. The van der Waals surface area contributed by atoms with Crippen molar-refractivity contribution in [1.29, 1.82) is 0 Å². The number of hydrogen-bond donors (Lipinski definition) is 1. The molecule has 0 radical (unpaired) electrons. The summed E-state index contributed by atoms with van der Waals surface area (Å²) >= 11 is 1.18. The molecular weight excluding hydrogens is 472 g/mol. The first kappa shape index (κ1) is 24.0. The number of benzene rings is 2. The second-order valence-electron chi connectivity index (χ2n) is 7.73. The molecule has 1 saturated heterocycles. The zero-order valence-corrected chi connectivity index (χ0v) is 19.9. The molecule has 2 aromatic carbocycles. The predicted octanol–water partition coefficient (Wildman–Crippen LogP) is 2.62. The number of rotatable bonds is 6. The van der Waals surface area contributed by atoms with Crippen LogP contribution in [-0.4, -0.2) is 40.8 Å². The number of nitrogens with zero attached hydrogens (tertiary/aromatic N) is 3. The Labute approximate surface area is 203 Å². The van der Waals surface area contributed by atoms with E-state index in [4.69, 9.17) is 4.74 Å². The van der Waals surface area contributed by atoms with Crippen LogP contribution >= 0.6 is 11.3 Å². The van der Waals surface area contributed by atoms with Crippen molar-refractivity contribution >= 4 is 62.5 Å². The molecule has 0 spiro atoms. The van der Waals surface area contributed by atoms with E-state index in [1.165, 1.54) is 30.4 Å². The molecule has 1 aromatic heterocycles. The maximum atomic E-state index is 13.1. The van der Waals surface area contributed by atoms with Crippen molar-refractivity contribution in [3.8, 4) is 0 Å². The van der Waals surface area contributed by atoms with E-state index < -0.39 is 11.9 Å². The quantitative estimate of drug-likeness (QED) is 0.415. The molecule has 0 atom stereocenters. The minimum Gasteiger partial charge on any atom is -0.465 e. The Kier molecular flexibility index (Phi) is 6.87. The molecule has 0 unspecified atom stereocenters. The van der Waals surface area contributed by atoms with Gasteiger partial charge in [-0.2, -0.15) is 4.99 Å². The molecular formula is C24H22N4O6S. The Hall–Kier alpha value is -4.12. The first-order valence-corrected chi connectivity index (χ1v) is 11.7. The smallest absolute Gasteiger partial charge is 0.326 e. The van der Waals surface area contributed by atoms with Crippen molar-refractivity contribution in [2.75, 3.05) is 16.8 Å². The van der Waals surface area contributed by atoms with Gasteiger partial charge in [0.2, 0.25) is 17.7 Å². The van der Waals surface area contributed by atoms with E-state index in [-0.39, 0.29) is 54.1 Å². The highest BCUT2D eigenvalue weighted by molar-refractivity contribution is 7.16. The maximum absolute atomic E-state index is 13.1. The van der Waals surface area contributed by atoms with Crippen molar-refractivity contribution < 1.29 is 28.7 Å². The summed E-state index contributed by atoms with van der Waals surface area (Å²) in [5.41, 5.74) is 1.72. The average Bonchev–Trinajstić information content (AvgIpc) is 3.32. The summed E-state index contributed by atoms with van der Waals surface area (Å²) in [6.45, 7) is 3.15. The highest BCUT2D eigenvalue weighted by Crippen LogP contribution is 2.25. The molecule has 180 valence electrons. The maximum Gasteiger partial charge on any atom is 0.326 e. The molecule has 10 nitrogen and oxygen atoms in total. The standard InChI is InChI=1S/C24H22N4O6S/c1-3-34-22(32)13-27-18-8-7-16(25-14(2)29)12-19(18)35-24(27)26-23(33)15-5-4-6-17(11-15)28-20(30)9-10-21(28)31/h4-8,11-12H,3,9-10,13H2,1-2H3,(H,25,29). The summed E-state index contributed by atoms with van der Waals surface area (Å²) in [6.07, 6.45) is 0.273. The van der Waals surface area contributed by atoms with Crippen LogP contribution in [-0.2, 0) is 30.5 Å². The number of esters is 1. The molecule has 2 heterocycles. The van der Waals surface area contributed by atoms with Crippen molar-refractivity contribution in [2.24, 2.45) is 4.99 Å². The summed E-state index contributed by atoms with van der Waals surface area (Å²) in [5, 5.41) is 2.70. The Morgan fingerprint density at radius 3 is 2.51 bits per heavy atom. The second-order valence-corrected chi connectivity index (χ2v) is 8.74. The van der Waals surface area contributed by atoms with Gasteiger partial charge in [0.15, 0.2) is 4.80 Å². The van der Waals surface area contributed by atoms with E-state index in [1.807, 2.05) is 0 Å². The molecule has 1 aliphatic rings. The number of carbonyl (C=O) groups excluding carboxylic acids is 5. The summed E-state index contributed by atoms with van der Waals surface area (Å²) in [6, 6.07) is 11.3. The SMILES string of the molecule is CCOC(=O)Cn1c(=NC(=O)c2cccc(N3C(=O)CCC3=O)c2)sc2cc(NC(C)=O)ccc21. The minimum absolute atomic E-state index is 0.136. The van der Waals surface area contributed by atoms with Gasteiger partial charge in [-0.15, -0.1) is 0 Å².